The van der Waals surface area contributed by atoms with Crippen molar-refractivity contribution in [3.05, 3.63) is 0 Å². The van der Waals surface area contributed by atoms with Crippen molar-refractivity contribution in [3.8, 4) is 0 Å². The van der Waals surface area contributed by atoms with Crippen molar-refractivity contribution < 1.29 is 4.79 Å². The van der Waals surface area contributed by atoms with Crippen molar-refractivity contribution in [1.29, 1.82) is 0 Å². The molecule has 2 saturated heterocycles. The Morgan fingerprint density at radius 2 is 1.61 bits per heavy atom. The molecule has 0 aromatic heterocycles. The number of hydrogen-bond donors (Lipinski definition) is 2. The van der Waals surface area contributed by atoms with E-state index in [4.69, 9.17) is 5.73 Å². The molecular formula is C19H33N3O. The second-order valence-corrected chi connectivity index (χ2v) is 8.56. The number of nitrogens with zero attached hydrogens (tertiary/aromatic N) is 1. The lowest BCUT2D eigenvalue weighted by Crippen LogP contribution is -2.51. The van der Waals surface area contributed by atoms with Gasteiger partial charge in [0.1, 0.15) is 0 Å². The van der Waals surface area contributed by atoms with Crippen LogP contribution in [0.1, 0.15) is 57.8 Å². The number of fused-ring (bicyclic) bond motifs is 2. The van der Waals surface area contributed by atoms with Gasteiger partial charge in [0, 0.05) is 31.1 Å². The van der Waals surface area contributed by atoms with Gasteiger partial charge < -0.3 is 16.0 Å². The second-order valence-electron chi connectivity index (χ2n) is 8.56. The molecule has 0 radical (unpaired) electrons. The van der Waals surface area contributed by atoms with Gasteiger partial charge in [-0.1, -0.05) is 6.42 Å². The van der Waals surface area contributed by atoms with Crippen LogP contribution in [0.5, 0.6) is 0 Å². The third-order valence-corrected chi connectivity index (χ3v) is 7.28. The van der Waals surface area contributed by atoms with Crippen LogP contribution in [0.2, 0.25) is 0 Å². The summed E-state index contributed by atoms with van der Waals surface area (Å²) in [4.78, 5) is 15.2. The van der Waals surface area contributed by atoms with Crippen LogP contribution in [0.25, 0.3) is 0 Å². The summed E-state index contributed by atoms with van der Waals surface area (Å²) in [6.45, 7) is 3.16. The third kappa shape index (κ3) is 3.17. The molecule has 4 fully saturated rings. The molecule has 2 aliphatic heterocycles. The summed E-state index contributed by atoms with van der Waals surface area (Å²) in [6.07, 6.45) is 11.0. The highest BCUT2D eigenvalue weighted by Gasteiger charge is 2.42. The zero-order valence-electron chi connectivity index (χ0n) is 14.4. The molecule has 3 atom stereocenters. The lowest BCUT2D eigenvalue weighted by atomic mass is 9.65. The van der Waals surface area contributed by atoms with Crippen molar-refractivity contribution in [2.75, 3.05) is 19.6 Å². The Morgan fingerprint density at radius 1 is 0.913 bits per heavy atom. The lowest BCUT2D eigenvalue weighted by molar-refractivity contribution is -0.140. The van der Waals surface area contributed by atoms with Gasteiger partial charge in [0.05, 0.1) is 0 Å². The first-order valence-electron chi connectivity index (χ1n) is 10.00. The van der Waals surface area contributed by atoms with E-state index in [9.17, 15) is 4.79 Å². The zero-order chi connectivity index (χ0) is 15.8. The lowest BCUT2D eigenvalue weighted by Gasteiger charge is -2.45. The van der Waals surface area contributed by atoms with Crippen molar-refractivity contribution in [2.45, 2.75) is 69.9 Å². The molecule has 4 aliphatic rings. The number of rotatable bonds is 2. The molecule has 130 valence electrons. The number of nitrogens with two attached hydrogens (primary N) is 1. The zero-order valence-corrected chi connectivity index (χ0v) is 14.4. The summed E-state index contributed by atoms with van der Waals surface area (Å²) in [5.41, 5.74) is 6.38. The average molecular weight is 319 g/mol. The summed E-state index contributed by atoms with van der Waals surface area (Å²) in [7, 11) is 0. The van der Waals surface area contributed by atoms with E-state index in [1.165, 1.54) is 51.5 Å². The van der Waals surface area contributed by atoms with E-state index in [1.54, 1.807) is 0 Å². The molecule has 4 heteroatoms. The molecule has 3 N–H and O–H groups in total. The number of amides is 1. The summed E-state index contributed by atoms with van der Waals surface area (Å²) < 4.78 is 0. The predicted molar refractivity (Wildman–Crippen MR) is 91.9 cm³/mol. The smallest absolute Gasteiger partial charge is 0.225 e. The van der Waals surface area contributed by atoms with Crippen LogP contribution in [-0.2, 0) is 4.79 Å². The maximum Gasteiger partial charge on any atom is 0.225 e. The van der Waals surface area contributed by atoms with Crippen LogP contribution < -0.4 is 11.1 Å². The highest BCUT2D eigenvalue weighted by atomic mass is 16.2. The highest BCUT2D eigenvalue weighted by Crippen LogP contribution is 2.42. The predicted octanol–water partition coefficient (Wildman–Crippen LogP) is 2.13. The first kappa shape index (κ1) is 15.9. The van der Waals surface area contributed by atoms with Gasteiger partial charge in [0.25, 0.3) is 0 Å². The van der Waals surface area contributed by atoms with Gasteiger partial charge in [-0.3, -0.25) is 4.79 Å². The number of piperidine rings is 1. The van der Waals surface area contributed by atoms with Crippen LogP contribution in [0.4, 0.5) is 0 Å². The molecule has 4 nitrogen and oxygen atoms in total. The van der Waals surface area contributed by atoms with Crippen molar-refractivity contribution in [1.82, 2.24) is 10.2 Å². The molecule has 0 spiro atoms. The van der Waals surface area contributed by atoms with E-state index in [0.29, 0.717) is 23.8 Å². The normalized spacial score (nSPS) is 42.0. The summed E-state index contributed by atoms with van der Waals surface area (Å²) in [5.74, 6) is 2.73. The number of likely N-dealkylation sites (tertiary alicyclic amines) is 1. The first-order valence-corrected chi connectivity index (χ1v) is 10.00. The fraction of sp³-hybridized carbons (Fsp3) is 0.947. The summed E-state index contributed by atoms with van der Waals surface area (Å²) in [5, 5.41) is 3.65. The topological polar surface area (TPSA) is 58.4 Å². The van der Waals surface area contributed by atoms with E-state index in [-0.39, 0.29) is 5.92 Å². The van der Waals surface area contributed by atoms with Gasteiger partial charge in [0.2, 0.25) is 5.91 Å². The van der Waals surface area contributed by atoms with E-state index < -0.39 is 0 Å². The van der Waals surface area contributed by atoms with E-state index in [0.717, 1.165) is 37.9 Å². The Hall–Kier alpha value is -0.610. The molecule has 3 unspecified atom stereocenters. The van der Waals surface area contributed by atoms with Gasteiger partial charge in [-0.2, -0.15) is 0 Å². The standard InChI is InChI=1S/C19H33N3O/c20-18-14-3-1-4-15(18)12-16(11-14)19(23)22-9-6-13(7-10-22)17-5-2-8-21-17/h13-18,21H,1-12,20H2. The molecule has 2 saturated carbocycles. The number of nitrogens with one attached hydrogen (secondary N) is 1. The Kier molecular flexibility index (Phi) is 4.64. The SMILES string of the molecule is NC1C2CCCC1CC(C(=O)N1CCC(C3CCCN3)CC1)C2. The second kappa shape index (κ2) is 6.72. The first-order chi connectivity index (χ1) is 11.2. The Bertz CT molecular complexity index is 412. The molecule has 2 heterocycles. The molecular weight excluding hydrogens is 286 g/mol. The Labute approximate surface area is 140 Å². The average Bonchev–Trinajstić information content (AvgIpc) is 3.08. The highest BCUT2D eigenvalue weighted by molar-refractivity contribution is 5.79. The maximum absolute atomic E-state index is 13.0. The van der Waals surface area contributed by atoms with Crippen LogP contribution in [0.3, 0.4) is 0 Å². The molecule has 0 aromatic rings. The van der Waals surface area contributed by atoms with Crippen molar-refractivity contribution >= 4 is 5.91 Å². The van der Waals surface area contributed by atoms with E-state index in [2.05, 4.69) is 10.2 Å². The van der Waals surface area contributed by atoms with Gasteiger partial charge >= 0.3 is 0 Å². The quantitative estimate of drug-likeness (QED) is 0.820. The Morgan fingerprint density at radius 3 is 2.22 bits per heavy atom. The van der Waals surface area contributed by atoms with Crippen molar-refractivity contribution in [3.63, 3.8) is 0 Å². The summed E-state index contributed by atoms with van der Waals surface area (Å²) in [6, 6.07) is 1.09. The van der Waals surface area contributed by atoms with Crippen LogP contribution in [-0.4, -0.2) is 42.5 Å². The minimum Gasteiger partial charge on any atom is -0.342 e. The fourth-order valence-corrected chi connectivity index (χ4v) is 5.89. The largest absolute Gasteiger partial charge is 0.342 e. The summed E-state index contributed by atoms with van der Waals surface area (Å²) >= 11 is 0. The molecule has 23 heavy (non-hydrogen) atoms. The molecule has 2 aliphatic carbocycles. The number of hydrogen-bond acceptors (Lipinski definition) is 3. The van der Waals surface area contributed by atoms with Gasteiger partial charge in [-0.05, 0) is 75.7 Å². The van der Waals surface area contributed by atoms with Crippen molar-refractivity contribution in [2.24, 2.45) is 29.4 Å². The minimum atomic E-state index is 0.270. The molecule has 0 aromatic carbocycles. The van der Waals surface area contributed by atoms with E-state index >= 15 is 0 Å². The van der Waals surface area contributed by atoms with Crippen LogP contribution >= 0.6 is 0 Å². The van der Waals surface area contributed by atoms with Crippen LogP contribution in [0, 0.1) is 23.7 Å². The van der Waals surface area contributed by atoms with E-state index in [1.807, 2.05) is 0 Å². The maximum atomic E-state index is 13.0. The van der Waals surface area contributed by atoms with Crippen LogP contribution in [0.15, 0.2) is 0 Å². The molecule has 4 rings (SSSR count). The number of carbonyl (C=O) groups is 1. The van der Waals surface area contributed by atoms with Gasteiger partial charge in [-0.25, -0.2) is 0 Å². The van der Waals surface area contributed by atoms with Gasteiger partial charge in [0.15, 0.2) is 0 Å². The fourth-order valence-electron chi connectivity index (χ4n) is 5.89. The third-order valence-electron chi connectivity index (χ3n) is 7.28. The minimum absolute atomic E-state index is 0.270. The van der Waals surface area contributed by atoms with Gasteiger partial charge in [-0.15, -0.1) is 0 Å². The molecule has 1 amide bonds. The number of carbonyl (C=O) groups excluding carboxylic acids is 1. The Balaban J connectivity index is 1.31. The molecule has 2 bridgehead atoms. The monoisotopic (exact) mass is 319 g/mol.